The molecule has 0 radical (unpaired) electrons. The van der Waals surface area contributed by atoms with Crippen molar-refractivity contribution in [3.05, 3.63) is 47.1 Å². The number of aromatic nitrogens is 2. The third-order valence-corrected chi connectivity index (χ3v) is 4.53. The largest absolute Gasteiger partial charge is 0.339 e. The van der Waals surface area contributed by atoms with Crippen molar-refractivity contribution in [1.29, 1.82) is 0 Å². The molecule has 2 aromatic rings. The van der Waals surface area contributed by atoms with Crippen LogP contribution >= 0.6 is 0 Å². The zero-order valence-corrected chi connectivity index (χ0v) is 13.2. The van der Waals surface area contributed by atoms with Crippen LogP contribution in [0.4, 0.5) is 0 Å². The first kappa shape index (κ1) is 15.0. The smallest absolute Gasteiger partial charge is 0.261 e. The van der Waals surface area contributed by atoms with Crippen LogP contribution in [-0.4, -0.2) is 46.0 Å². The van der Waals surface area contributed by atoms with Gasteiger partial charge in [0, 0.05) is 25.4 Å². The summed E-state index contributed by atoms with van der Waals surface area (Å²) in [7, 11) is 0. The minimum Gasteiger partial charge on any atom is -0.339 e. The highest BCUT2D eigenvalue weighted by Gasteiger charge is 2.34. The van der Waals surface area contributed by atoms with Gasteiger partial charge in [0.1, 0.15) is 0 Å². The molecule has 1 aromatic heterocycles. The van der Waals surface area contributed by atoms with Crippen LogP contribution in [0.1, 0.15) is 45.3 Å². The van der Waals surface area contributed by atoms with Crippen LogP contribution in [0.5, 0.6) is 0 Å². The molecular formula is C17H18N4O3. The number of hydrogen-bond donors (Lipinski definition) is 1. The van der Waals surface area contributed by atoms with Gasteiger partial charge in [-0.05, 0) is 31.5 Å². The van der Waals surface area contributed by atoms with Crippen molar-refractivity contribution in [2.75, 3.05) is 13.1 Å². The van der Waals surface area contributed by atoms with Crippen molar-refractivity contribution < 1.29 is 14.1 Å². The van der Waals surface area contributed by atoms with Crippen LogP contribution < -0.4 is 5.32 Å². The molecule has 2 aliphatic rings. The van der Waals surface area contributed by atoms with Crippen molar-refractivity contribution in [2.45, 2.75) is 31.7 Å². The highest BCUT2D eigenvalue weighted by Crippen LogP contribution is 2.22. The minimum absolute atomic E-state index is 0.255. The van der Waals surface area contributed by atoms with Crippen LogP contribution in [0.3, 0.4) is 0 Å². The molecule has 24 heavy (non-hydrogen) atoms. The number of rotatable bonds is 5. The van der Waals surface area contributed by atoms with Crippen molar-refractivity contribution >= 4 is 11.8 Å². The number of benzene rings is 1. The fourth-order valence-corrected chi connectivity index (χ4v) is 3.27. The summed E-state index contributed by atoms with van der Waals surface area (Å²) < 4.78 is 5.27. The van der Waals surface area contributed by atoms with Crippen LogP contribution in [0, 0.1) is 0 Å². The lowest BCUT2D eigenvalue weighted by molar-refractivity contribution is 0.0655. The summed E-state index contributed by atoms with van der Waals surface area (Å²) in [5, 5.41) is 7.34. The zero-order valence-electron chi connectivity index (χ0n) is 13.2. The molecule has 0 bridgehead atoms. The summed E-state index contributed by atoms with van der Waals surface area (Å²) in [6.45, 7) is 1.29. The lowest BCUT2D eigenvalue weighted by atomic mass is 10.1. The summed E-state index contributed by atoms with van der Waals surface area (Å²) >= 11 is 0. The highest BCUT2D eigenvalue weighted by molar-refractivity contribution is 6.21. The Balaban J connectivity index is 1.38. The number of imide groups is 1. The number of fused-ring (bicyclic) bond motifs is 1. The van der Waals surface area contributed by atoms with Crippen LogP contribution in [-0.2, 0) is 12.8 Å². The Hall–Kier alpha value is -2.54. The van der Waals surface area contributed by atoms with Crippen molar-refractivity contribution in [3.63, 3.8) is 0 Å². The first-order chi connectivity index (χ1) is 11.7. The van der Waals surface area contributed by atoms with Gasteiger partial charge >= 0.3 is 0 Å². The first-order valence-corrected chi connectivity index (χ1v) is 8.22. The Labute approximate surface area is 139 Å². The van der Waals surface area contributed by atoms with E-state index in [1.54, 1.807) is 24.3 Å². The lowest BCUT2D eigenvalue weighted by Gasteiger charge is -2.11. The third-order valence-electron chi connectivity index (χ3n) is 4.53. The first-order valence-electron chi connectivity index (χ1n) is 8.22. The Morgan fingerprint density at radius 2 is 1.96 bits per heavy atom. The number of nitrogens with one attached hydrogen (secondary N) is 1. The van der Waals surface area contributed by atoms with E-state index in [-0.39, 0.29) is 18.4 Å². The van der Waals surface area contributed by atoms with Crippen LogP contribution in [0.2, 0.25) is 0 Å². The molecule has 0 unspecified atom stereocenters. The van der Waals surface area contributed by atoms with Gasteiger partial charge in [0.05, 0.1) is 11.1 Å². The van der Waals surface area contributed by atoms with E-state index in [4.69, 9.17) is 4.52 Å². The number of carbonyl (C=O) groups is 2. The predicted octanol–water partition coefficient (Wildman–Crippen LogP) is 1.20. The van der Waals surface area contributed by atoms with Gasteiger partial charge in [0.25, 0.3) is 11.8 Å². The Kier molecular flexibility index (Phi) is 3.86. The highest BCUT2D eigenvalue weighted by atomic mass is 16.5. The fraction of sp³-hybridized carbons (Fsp3) is 0.412. The van der Waals surface area contributed by atoms with Gasteiger partial charge in [-0.2, -0.15) is 4.98 Å². The van der Waals surface area contributed by atoms with E-state index in [1.165, 1.54) is 11.3 Å². The van der Waals surface area contributed by atoms with Crippen LogP contribution in [0.25, 0.3) is 0 Å². The second-order valence-electron chi connectivity index (χ2n) is 6.16. The molecule has 4 rings (SSSR count). The molecule has 1 fully saturated rings. The Bertz CT molecular complexity index is 745. The number of hydrogen-bond acceptors (Lipinski definition) is 6. The minimum atomic E-state index is -0.255. The molecule has 2 aliphatic heterocycles. The van der Waals surface area contributed by atoms with Gasteiger partial charge in [-0.15, -0.1) is 0 Å². The third kappa shape index (κ3) is 2.71. The molecule has 124 valence electrons. The molecule has 7 nitrogen and oxygen atoms in total. The van der Waals surface area contributed by atoms with Gasteiger partial charge in [-0.25, -0.2) is 0 Å². The maximum Gasteiger partial charge on any atom is 0.261 e. The molecule has 7 heteroatoms. The molecule has 0 saturated carbocycles. The average Bonchev–Trinajstić information content (AvgIpc) is 3.31. The van der Waals surface area contributed by atoms with E-state index in [0.717, 1.165) is 19.4 Å². The van der Waals surface area contributed by atoms with E-state index in [9.17, 15) is 9.59 Å². The maximum atomic E-state index is 12.3. The summed E-state index contributed by atoms with van der Waals surface area (Å²) in [5.74, 6) is 0.621. The molecule has 1 saturated heterocycles. The fourth-order valence-electron chi connectivity index (χ4n) is 3.27. The van der Waals surface area contributed by atoms with E-state index in [2.05, 4.69) is 15.5 Å². The van der Waals surface area contributed by atoms with E-state index >= 15 is 0 Å². The summed E-state index contributed by atoms with van der Waals surface area (Å²) in [4.78, 5) is 30.2. The molecular weight excluding hydrogens is 308 g/mol. The molecule has 3 heterocycles. The lowest BCUT2D eigenvalue weighted by Crippen LogP contribution is -2.32. The second kappa shape index (κ2) is 6.16. The summed E-state index contributed by atoms with van der Waals surface area (Å²) in [6.07, 6.45) is 3.41. The van der Waals surface area contributed by atoms with E-state index in [0.29, 0.717) is 35.3 Å². The second-order valence-corrected chi connectivity index (χ2v) is 6.16. The topological polar surface area (TPSA) is 88.3 Å². The summed E-state index contributed by atoms with van der Waals surface area (Å²) in [5.41, 5.74) is 0.923. The normalized spacial score (nSPS) is 20.0. The van der Waals surface area contributed by atoms with Crippen molar-refractivity contribution in [1.82, 2.24) is 20.4 Å². The molecule has 2 amide bonds. The van der Waals surface area contributed by atoms with Crippen molar-refractivity contribution in [3.8, 4) is 0 Å². The van der Waals surface area contributed by atoms with Gasteiger partial charge in [0.15, 0.2) is 5.82 Å². The van der Waals surface area contributed by atoms with E-state index < -0.39 is 0 Å². The van der Waals surface area contributed by atoms with E-state index in [1.807, 2.05) is 0 Å². The number of nitrogens with zero attached hydrogens (tertiary/aromatic N) is 3. The van der Waals surface area contributed by atoms with Gasteiger partial charge in [-0.1, -0.05) is 17.3 Å². The van der Waals surface area contributed by atoms with Gasteiger partial charge in [-0.3, -0.25) is 14.5 Å². The molecule has 0 spiro atoms. The van der Waals surface area contributed by atoms with Gasteiger partial charge in [0.2, 0.25) is 5.89 Å². The SMILES string of the molecule is O=C1c2ccccc2C(=O)N1CCc1noc(C[C@@H]2CCCN2)n1. The van der Waals surface area contributed by atoms with Gasteiger partial charge < -0.3 is 9.84 Å². The monoisotopic (exact) mass is 326 g/mol. The van der Waals surface area contributed by atoms with Crippen molar-refractivity contribution in [2.24, 2.45) is 0 Å². The molecule has 1 atom stereocenters. The predicted molar refractivity (Wildman–Crippen MR) is 84.5 cm³/mol. The molecule has 1 aromatic carbocycles. The molecule has 0 aliphatic carbocycles. The number of carbonyl (C=O) groups excluding carboxylic acids is 2. The van der Waals surface area contributed by atoms with Crippen LogP contribution in [0.15, 0.2) is 28.8 Å². The zero-order chi connectivity index (χ0) is 16.5. The quantitative estimate of drug-likeness (QED) is 0.831. The molecule has 1 N–H and O–H groups in total. The average molecular weight is 326 g/mol. The standard InChI is InChI=1S/C17H18N4O3/c22-16-12-5-1-2-6-13(12)17(23)21(16)9-7-14-19-15(24-20-14)10-11-4-3-8-18-11/h1-2,5-6,11,18H,3-4,7-10H2/t11-/m0/s1. The maximum absolute atomic E-state index is 12.3. The Morgan fingerprint density at radius 3 is 2.62 bits per heavy atom. The summed E-state index contributed by atoms with van der Waals surface area (Å²) in [6, 6.07) is 7.27. The number of amides is 2. The Morgan fingerprint density at radius 1 is 1.21 bits per heavy atom.